The predicted molar refractivity (Wildman–Crippen MR) is 132 cm³/mol. The molecule has 0 radical (unpaired) electrons. The Bertz CT molecular complexity index is 1100. The van der Waals surface area contributed by atoms with Crippen molar-refractivity contribution in [3.8, 4) is 11.1 Å². The fraction of sp³-hybridized carbons (Fsp3) is 0.375. The van der Waals surface area contributed by atoms with E-state index < -0.39 is 11.8 Å². The van der Waals surface area contributed by atoms with Crippen LogP contribution >= 0.6 is 12.4 Å². The largest absolute Gasteiger partial charge is 0.373 e. The summed E-state index contributed by atoms with van der Waals surface area (Å²) >= 11 is 0. The van der Waals surface area contributed by atoms with Crippen LogP contribution in [0.2, 0.25) is 0 Å². The van der Waals surface area contributed by atoms with E-state index in [2.05, 4.69) is 41.7 Å². The number of benzene rings is 1. The van der Waals surface area contributed by atoms with Crippen molar-refractivity contribution in [2.24, 2.45) is 5.41 Å². The van der Waals surface area contributed by atoms with E-state index in [9.17, 15) is 9.18 Å². The van der Waals surface area contributed by atoms with Crippen LogP contribution in [0.5, 0.6) is 0 Å². The van der Waals surface area contributed by atoms with Crippen molar-refractivity contribution >= 4 is 40.8 Å². The summed E-state index contributed by atoms with van der Waals surface area (Å²) in [6, 6.07) is 8.21. The third-order valence-corrected chi connectivity index (χ3v) is 5.06. The van der Waals surface area contributed by atoms with Gasteiger partial charge >= 0.3 is 6.03 Å². The first-order valence-corrected chi connectivity index (χ1v) is 10.5. The number of aryl methyl sites for hydroxylation is 1. The summed E-state index contributed by atoms with van der Waals surface area (Å²) in [6.45, 7) is 8.87. The minimum absolute atomic E-state index is 0. The summed E-state index contributed by atoms with van der Waals surface area (Å²) in [6.07, 6.45) is 3.31. The van der Waals surface area contributed by atoms with E-state index in [1.807, 2.05) is 26.1 Å². The van der Waals surface area contributed by atoms with Crippen molar-refractivity contribution in [3.63, 3.8) is 0 Å². The molecule has 3 N–H and O–H groups in total. The highest BCUT2D eigenvalue weighted by molar-refractivity contribution is 5.91. The van der Waals surface area contributed by atoms with Gasteiger partial charge in [0, 0.05) is 42.5 Å². The number of hydrogen-bond donors (Lipinski definition) is 3. The summed E-state index contributed by atoms with van der Waals surface area (Å²) in [4.78, 5) is 21.4. The van der Waals surface area contributed by atoms with Crippen LogP contribution in [-0.4, -0.2) is 29.6 Å². The molecule has 0 aliphatic rings. The molecule has 8 heteroatoms. The van der Waals surface area contributed by atoms with E-state index in [-0.39, 0.29) is 23.5 Å². The van der Waals surface area contributed by atoms with Crippen LogP contribution in [0.15, 0.2) is 36.5 Å². The zero-order valence-corrected chi connectivity index (χ0v) is 20.0. The van der Waals surface area contributed by atoms with Gasteiger partial charge in [0.05, 0.1) is 11.2 Å². The molecule has 172 valence electrons. The Morgan fingerprint density at radius 2 is 1.91 bits per heavy atom. The topological polar surface area (TPSA) is 78.9 Å². The summed E-state index contributed by atoms with van der Waals surface area (Å²) in [5, 5.41) is 9.33. The minimum atomic E-state index is -0.484. The second-order valence-corrected chi connectivity index (χ2v) is 8.73. The molecule has 0 atom stereocenters. The number of carbonyl (C=O) groups excluding carboxylic acids is 1. The number of anilines is 2. The van der Waals surface area contributed by atoms with Gasteiger partial charge in [0.25, 0.3) is 0 Å². The number of carbonyl (C=O) groups is 1. The van der Waals surface area contributed by atoms with Crippen LogP contribution in [0.1, 0.15) is 39.8 Å². The summed E-state index contributed by atoms with van der Waals surface area (Å²) in [7, 11) is 1.82. The highest BCUT2D eigenvalue weighted by atomic mass is 35.5. The molecule has 0 spiro atoms. The lowest BCUT2D eigenvalue weighted by Crippen LogP contribution is -2.31. The van der Waals surface area contributed by atoms with Crippen LogP contribution in [0.3, 0.4) is 0 Å². The van der Waals surface area contributed by atoms with Crippen LogP contribution in [-0.2, 0) is 6.42 Å². The number of rotatable bonds is 6. The highest BCUT2D eigenvalue weighted by Gasteiger charge is 2.14. The van der Waals surface area contributed by atoms with Crippen LogP contribution in [0.25, 0.3) is 22.0 Å². The lowest BCUT2D eigenvalue weighted by Gasteiger charge is -2.18. The molecule has 2 amide bonds. The molecule has 32 heavy (non-hydrogen) atoms. The number of pyridine rings is 2. The van der Waals surface area contributed by atoms with E-state index in [0.29, 0.717) is 6.54 Å². The Morgan fingerprint density at radius 3 is 2.56 bits per heavy atom. The number of nitrogens with one attached hydrogen (secondary N) is 3. The van der Waals surface area contributed by atoms with Crippen molar-refractivity contribution in [2.75, 3.05) is 24.2 Å². The van der Waals surface area contributed by atoms with Crippen LogP contribution in [0.4, 0.5) is 20.7 Å². The van der Waals surface area contributed by atoms with Gasteiger partial charge in [-0.05, 0) is 42.0 Å². The Hall–Kier alpha value is -2.93. The summed E-state index contributed by atoms with van der Waals surface area (Å²) in [5.41, 5.74) is 3.67. The molecule has 3 rings (SSSR count). The van der Waals surface area contributed by atoms with Gasteiger partial charge < -0.3 is 16.0 Å². The van der Waals surface area contributed by atoms with E-state index in [4.69, 9.17) is 4.98 Å². The highest BCUT2D eigenvalue weighted by Crippen LogP contribution is 2.30. The SMILES string of the molecule is CCc1nc2cc(NC)ncc2cc1-c1ccc(F)c(NC(=O)NCCC(C)(C)C)c1.Cl. The van der Waals surface area contributed by atoms with E-state index >= 15 is 0 Å². The lowest BCUT2D eigenvalue weighted by atomic mass is 9.92. The Kier molecular flexibility index (Phi) is 8.38. The Morgan fingerprint density at radius 1 is 1.16 bits per heavy atom. The fourth-order valence-electron chi connectivity index (χ4n) is 3.27. The Labute approximate surface area is 194 Å². The van der Waals surface area contributed by atoms with Gasteiger partial charge in [0.15, 0.2) is 0 Å². The average Bonchev–Trinajstić information content (AvgIpc) is 2.73. The van der Waals surface area contributed by atoms with Crippen molar-refractivity contribution in [3.05, 3.63) is 48.0 Å². The lowest BCUT2D eigenvalue weighted by molar-refractivity contribution is 0.250. The zero-order chi connectivity index (χ0) is 22.6. The summed E-state index contributed by atoms with van der Waals surface area (Å²) < 4.78 is 14.4. The van der Waals surface area contributed by atoms with Crippen LogP contribution in [0, 0.1) is 11.2 Å². The third kappa shape index (κ3) is 6.29. The van der Waals surface area contributed by atoms with Gasteiger partial charge in [0.2, 0.25) is 0 Å². The maximum Gasteiger partial charge on any atom is 0.319 e. The zero-order valence-electron chi connectivity index (χ0n) is 19.2. The number of hydrogen-bond acceptors (Lipinski definition) is 4. The van der Waals surface area contributed by atoms with E-state index in [1.165, 1.54) is 6.07 Å². The molecular formula is C24H31ClFN5O. The second kappa shape index (κ2) is 10.6. The van der Waals surface area contributed by atoms with Gasteiger partial charge in [-0.1, -0.05) is 33.8 Å². The summed E-state index contributed by atoms with van der Waals surface area (Å²) in [5.74, 6) is 0.266. The normalized spacial score (nSPS) is 11.1. The van der Waals surface area contributed by atoms with Crippen molar-refractivity contribution in [1.82, 2.24) is 15.3 Å². The Balaban J connectivity index is 0.00000363. The van der Waals surface area contributed by atoms with Crippen molar-refractivity contribution < 1.29 is 9.18 Å². The maximum atomic E-state index is 14.4. The first kappa shape index (κ1) is 25.3. The first-order chi connectivity index (χ1) is 14.7. The maximum absolute atomic E-state index is 14.4. The van der Waals surface area contributed by atoms with Gasteiger partial charge in [-0.15, -0.1) is 12.4 Å². The molecule has 0 saturated carbocycles. The molecule has 3 aromatic rings. The smallest absolute Gasteiger partial charge is 0.319 e. The molecule has 1 aromatic carbocycles. The number of halogens is 2. The predicted octanol–water partition coefficient (Wildman–Crippen LogP) is 6.02. The number of amides is 2. The average molecular weight is 460 g/mol. The molecule has 0 fully saturated rings. The molecule has 0 bridgehead atoms. The van der Waals surface area contributed by atoms with Crippen molar-refractivity contribution in [1.29, 1.82) is 0 Å². The second-order valence-electron chi connectivity index (χ2n) is 8.73. The molecule has 0 aliphatic heterocycles. The monoisotopic (exact) mass is 459 g/mol. The molecule has 0 aliphatic carbocycles. The number of fused-ring (bicyclic) bond motifs is 1. The molecule has 6 nitrogen and oxygen atoms in total. The van der Waals surface area contributed by atoms with E-state index in [1.54, 1.807) is 18.3 Å². The van der Waals surface area contributed by atoms with Gasteiger partial charge in [-0.2, -0.15) is 0 Å². The van der Waals surface area contributed by atoms with E-state index in [0.717, 1.165) is 46.4 Å². The number of nitrogens with zero attached hydrogens (tertiary/aromatic N) is 2. The fourth-order valence-corrected chi connectivity index (χ4v) is 3.27. The number of aromatic nitrogens is 2. The van der Waals surface area contributed by atoms with Crippen LogP contribution < -0.4 is 16.0 Å². The van der Waals surface area contributed by atoms with Gasteiger partial charge in [-0.3, -0.25) is 4.98 Å². The van der Waals surface area contributed by atoms with Gasteiger partial charge in [-0.25, -0.2) is 14.2 Å². The first-order valence-electron chi connectivity index (χ1n) is 10.5. The third-order valence-electron chi connectivity index (χ3n) is 5.06. The molecule has 0 saturated heterocycles. The standard InChI is InChI=1S/C24H30FN5O.ClH/c1-6-19-17(11-16-14-28-22(26-5)13-20(16)29-19)15-7-8-18(25)21(12-15)30-23(31)27-10-9-24(2,3)4;/h7-8,11-14H,6,9-10H2,1-5H3,(H,26,28)(H2,27,30,31);1H. The quantitative estimate of drug-likeness (QED) is 0.421. The molecule has 0 unspecified atom stereocenters. The molecule has 2 aromatic heterocycles. The van der Waals surface area contributed by atoms with Gasteiger partial charge in [0.1, 0.15) is 11.6 Å². The minimum Gasteiger partial charge on any atom is -0.373 e. The van der Waals surface area contributed by atoms with Crippen molar-refractivity contribution in [2.45, 2.75) is 40.5 Å². The molecular weight excluding hydrogens is 429 g/mol. The molecule has 2 heterocycles. The number of urea groups is 1.